The molecule has 0 aliphatic heterocycles. The zero-order chi connectivity index (χ0) is 28.7. The van der Waals surface area contributed by atoms with Gasteiger partial charge in [0, 0.05) is 11.2 Å². The zero-order valence-electron chi connectivity index (χ0n) is 19.9. The monoisotopic (exact) mass is 575 g/mol. The molecule has 208 valence electrons. The van der Waals surface area contributed by atoms with Crippen LogP contribution in [0.4, 0.5) is 26.3 Å². The first-order valence-electron chi connectivity index (χ1n) is 11.3. The minimum atomic E-state index is -5.00. The summed E-state index contributed by atoms with van der Waals surface area (Å²) in [5, 5.41) is 24.2. The van der Waals surface area contributed by atoms with Crippen molar-refractivity contribution < 1.29 is 36.6 Å². The number of nitrogens with zero attached hydrogens (tertiary/aromatic N) is 5. The molecule has 39 heavy (non-hydrogen) atoms. The van der Waals surface area contributed by atoms with Gasteiger partial charge in [-0.1, -0.05) is 35.9 Å². The maximum atomic E-state index is 13.6. The molecule has 4 aromatic rings. The minimum absolute atomic E-state index is 0.0116. The average Bonchev–Trinajstić information content (AvgIpc) is 3.41. The van der Waals surface area contributed by atoms with Crippen LogP contribution in [-0.2, 0) is 19.3 Å². The molecule has 0 amide bonds. The molecule has 0 aliphatic rings. The van der Waals surface area contributed by atoms with E-state index in [9.17, 15) is 41.4 Å². The first-order valence-corrected chi connectivity index (χ1v) is 11.7. The molecule has 2 aromatic heterocycles. The average molecular weight is 576 g/mol. The minimum Gasteiger partial charge on any atom is -0.385 e. The highest BCUT2D eigenvalue weighted by atomic mass is 35.5. The smallest absolute Gasteiger partial charge is 0.385 e. The number of aliphatic hydroxyl groups excluding tert-OH is 2. The van der Waals surface area contributed by atoms with Gasteiger partial charge in [0.05, 0.1) is 30.0 Å². The number of aliphatic hydroxyl groups is 2. The number of rotatable bonds is 7. The number of alkyl halides is 6. The third kappa shape index (κ3) is 6.02. The Balaban J connectivity index is 1.80. The van der Waals surface area contributed by atoms with Crippen LogP contribution >= 0.6 is 11.6 Å². The van der Waals surface area contributed by atoms with E-state index in [1.807, 2.05) is 0 Å². The van der Waals surface area contributed by atoms with Crippen LogP contribution < -0.4 is 5.69 Å². The van der Waals surface area contributed by atoms with Gasteiger partial charge in [-0.3, -0.25) is 9.13 Å². The van der Waals surface area contributed by atoms with Crippen LogP contribution in [0.15, 0.2) is 59.5 Å². The summed E-state index contributed by atoms with van der Waals surface area (Å²) in [6.07, 6.45) is -12.8. The van der Waals surface area contributed by atoms with Gasteiger partial charge in [0.15, 0.2) is 17.8 Å². The van der Waals surface area contributed by atoms with Crippen molar-refractivity contribution in [2.24, 2.45) is 0 Å². The van der Waals surface area contributed by atoms with Gasteiger partial charge in [-0.15, -0.1) is 5.10 Å². The normalized spacial score (nSPS) is 14.0. The fraction of sp³-hybridized carbons (Fsp3) is 0.292. The molecule has 0 saturated carbocycles. The summed E-state index contributed by atoms with van der Waals surface area (Å²) in [5.41, 5.74) is -2.10. The van der Waals surface area contributed by atoms with Crippen molar-refractivity contribution in [3.05, 3.63) is 87.4 Å². The second kappa shape index (κ2) is 10.5. The molecular formula is C24H20ClF6N5O3. The van der Waals surface area contributed by atoms with Crippen LogP contribution in [0.2, 0.25) is 5.02 Å². The first-order chi connectivity index (χ1) is 18.2. The standard InChI is InChI=1S/C24H20ClF6N5O3/c1-13(37)21-32-20(33-36(21)17-5-3-2-4-16(17)23(26,27)28)12-34-10-18(14-6-8-15(25)9-7-14)35(22(34)39)11-19(38)24(29,30)31/h2-10,13,19,37-38H,11-12H2,1H3. The van der Waals surface area contributed by atoms with E-state index in [2.05, 4.69) is 10.1 Å². The Hall–Kier alpha value is -3.62. The Morgan fingerprint density at radius 1 is 1.00 bits per heavy atom. The summed E-state index contributed by atoms with van der Waals surface area (Å²) in [5.74, 6) is -0.444. The van der Waals surface area contributed by atoms with E-state index < -0.39 is 54.6 Å². The number of hydrogen-bond acceptors (Lipinski definition) is 5. The van der Waals surface area contributed by atoms with Crippen molar-refractivity contribution in [3.8, 4) is 16.9 Å². The number of aromatic nitrogens is 5. The summed E-state index contributed by atoms with van der Waals surface area (Å²) < 4.78 is 82.6. The Kier molecular flexibility index (Phi) is 7.65. The van der Waals surface area contributed by atoms with Crippen LogP contribution in [-0.4, -0.2) is 46.4 Å². The molecule has 0 aliphatic carbocycles. The third-order valence-corrected chi connectivity index (χ3v) is 5.97. The van der Waals surface area contributed by atoms with E-state index in [4.69, 9.17) is 11.6 Å². The third-order valence-electron chi connectivity index (χ3n) is 5.72. The van der Waals surface area contributed by atoms with Crippen LogP contribution in [0, 0.1) is 0 Å². The van der Waals surface area contributed by atoms with Crippen molar-refractivity contribution in [3.63, 3.8) is 0 Å². The summed E-state index contributed by atoms with van der Waals surface area (Å²) in [7, 11) is 0. The lowest BCUT2D eigenvalue weighted by atomic mass is 10.1. The van der Waals surface area contributed by atoms with Gasteiger partial charge in [-0.25, -0.2) is 14.5 Å². The highest BCUT2D eigenvalue weighted by Crippen LogP contribution is 2.34. The Labute approximate surface area is 221 Å². The molecule has 0 bridgehead atoms. The Morgan fingerprint density at radius 2 is 1.64 bits per heavy atom. The van der Waals surface area contributed by atoms with Crippen molar-refractivity contribution in [2.45, 2.75) is 44.6 Å². The SMILES string of the molecule is CC(O)c1nc(Cn2cc(-c3ccc(Cl)cc3)n(CC(O)C(F)(F)F)c2=O)nn1-c1ccccc1C(F)(F)F. The van der Waals surface area contributed by atoms with Gasteiger partial charge in [0.1, 0.15) is 6.10 Å². The number of para-hydroxylation sites is 1. The molecule has 4 rings (SSSR count). The number of halogens is 7. The van der Waals surface area contributed by atoms with E-state index in [1.165, 1.54) is 49.5 Å². The molecule has 0 radical (unpaired) electrons. The van der Waals surface area contributed by atoms with Crippen molar-refractivity contribution in [1.82, 2.24) is 23.9 Å². The zero-order valence-corrected chi connectivity index (χ0v) is 20.7. The second-order valence-electron chi connectivity index (χ2n) is 8.59. The molecule has 2 atom stereocenters. The highest BCUT2D eigenvalue weighted by Gasteiger charge is 2.39. The fourth-order valence-electron chi connectivity index (χ4n) is 3.88. The van der Waals surface area contributed by atoms with Crippen molar-refractivity contribution in [1.29, 1.82) is 0 Å². The van der Waals surface area contributed by atoms with Crippen LogP contribution in [0.25, 0.3) is 16.9 Å². The van der Waals surface area contributed by atoms with E-state index in [-0.39, 0.29) is 17.3 Å². The Morgan fingerprint density at radius 3 is 2.23 bits per heavy atom. The topological polar surface area (TPSA) is 98.1 Å². The predicted molar refractivity (Wildman–Crippen MR) is 127 cm³/mol. The molecule has 0 spiro atoms. The molecule has 2 aromatic carbocycles. The van der Waals surface area contributed by atoms with Crippen LogP contribution in [0.1, 0.15) is 30.2 Å². The van der Waals surface area contributed by atoms with E-state index in [1.54, 1.807) is 0 Å². The van der Waals surface area contributed by atoms with E-state index in [0.717, 1.165) is 21.4 Å². The van der Waals surface area contributed by atoms with Gasteiger partial charge in [-0.2, -0.15) is 26.3 Å². The predicted octanol–water partition coefficient (Wildman–Crippen LogP) is 4.59. The first kappa shape index (κ1) is 28.4. The lowest BCUT2D eigenvalue weighted by Gasteiger charge is -2.16. The highest BCUT2D eigenvalue weighted by molar-refractivity contribution is 6.30. The van der Waals surface area contributed by atoms with Gasteiger partial charge in [0.2, 0.25) is 0 Å². The van der Waals surface area contributed by atoms with Gasteiger partial charge in [0.25, 0.3) is 0 Å². The fourth-order valence-corrected chi connectivity index (χ4v) is 4.01. The lowest BCUT2D eigenvalue weighted by Crippen LogP contribution is -2.37. The maximum Gasteiger partial charge on any atom is 0.418 e. The molecule has 2 unspecified atom stereocenters. The molecule has 0 saturated heterocycles. The maximum absolute atomic E-state index is 13.6. The molecule has 15 heteroatoms. The molecular weight excluding hydrogens is 556 g/mol. The number of benzene rings is 2. The second-order valence-corrected chi connectivity index (χ2v) is 9.03. The van der Waals surface area contributed by atoms with E-state index >= 15 is 0 Å². The van der Waals surface area contributed by atoms with Crippen molar-refractivity contribution in [2.75, 3.05) is 0 Å². The van der Waals surface area contributed by atoms with E-state index in [0.29, 0.717) is 15.2 Å². The lowest BCUT2D eigenvalue weighted by molar-refractivity contribution is -0.207. The van der Waals surface area contributed by atoms with Crippen LogP contribution in [0.3, 0.4) is 0 Å². The van der Waals surface area contributed by atoms with Gasteiger partial charge >= 0.3 is 18.0 Å². The quantitative estimate of drug-likeness (QED) is 0.314. The molecule has 8 nitrogen and oxygen atoms in total. The van der Waals surface area contributed by atoms with Crippen molar-refractivity contribution >= 4 is 11.6 Å². The molecule has 2 heterocycles. The largest absolute Gasteiger partial charge is 0.418 e. The number of imidazole rings is 1. The van der Waals surface area contributed by atoms with Gasteiger partial charge in [-0.05, 0) is 36.8 Å². The summed E-state index contributed by atoms with van der Waals surface area (Å²) in [4.78, 5) is 17.2. The summed E-state index contributed by atoms with van der Waals surface area (Å²) in [6, 6.07) is 10.3. The Bertz CT molecular complexity index is 1520. The molecule has 2 N–H and O–H groups in total. The number of hydrogen-bond donors (Lipinski definition) is 2. The molecule has 0 fully saturated rings. The summed E-state index contributed by atoms with van der Waals surface area (Å²) >= 11 is 5.89. The summed E-state index contributed by atoms with van der Waals surface area (Å²) in [6.45, 7) is -0.317. The van der Waals surface area contributed by atoms with Crippen LogP contribution in [0.5, 0.6) is 0 Å². The van der Waals surface area contributed by atoms with Gasteiger partial charge < -0.3 is 10.2 Å².